The Hall–Kier alpha value is -1.64. The number of aryl methyl sites for hydroxylation is 2. The van der Waals surface area contributed by atoms with Crippen LogP contribution < -0.4 is 10.5 Å². The van der Waals surface area contributed by atoms with Crippen LogP contribution in [0.1, 0.15) is 17.0 Å². The minimum absolute atomic E-state index is 0.130. The summed E-state index contributed by atoms with van der Waals surface area (Å²) in [5.41, 5.74) is 6.97. The van der Waals surface area contributed by atoms with Gasteiger partial charge in [-0.2, -0.15) is 5.10 Å². The van der Waals surface area contributed by atoms with Crippen LogP contribution in [-0.2, 0) is 30.2 Å². The highest BCUT2D eigenvalue weighted by atomic mass is 32.2. The van der Waals surface area contributed by atoms with Crippen molar-refractivity contribution in [2.45, 2.75) is 25.1 Å². The molecule has 2 aromatic rings. The third-order valence-corrected chi connectivity index (χ3v) is 3.94. The first-order chi connectivity index (χ1) is 8.92. The second kappa shape index (κ2) is 5.16. The van der Waals surface area contributed by atoms with E-state index in [4.69, 9.17) is 10.2 Å². The lowest BCUT2D eigenvalue weighted by atomic mass is 10.3. The van der Waals surface area contributed by atoms with Gasteiger partial charge in [-0.1, -0.05) is 0 Å². The van der Waals surface area contributed by atoms with Gasteiger partial charge < -0.3 is 10.2 Å². The zero-order valence-corrected chi connectivity index (χ0v) is 11.6. The maximum absolute atomic E-state index is 12.0. The molecule has 0 radical (unpaired) electrons. The summed E-state index contributed by atoms with van der Waals surface area (Å²) >= 11 is 0. The van der Waals surface area contributed by atoms with Crippen molar-refractivity contribution in [1.82, 2.24) is 14.5 Å². The molecule has 7 nitrogen and oxygen atoms in total. The molecule has 8 heteroatoms. The standard InChI is InChI=1S/C11H16N4O3S/c1-8-9(7-15(2)14-8)6-13-19(16,17)11-4-3-10(5-12)18-11/h3-4,7,13H,5-6,12H2,1-2H3. The van der Waals surface area contributed by atoms with Gasteiger partial charge in [0.05, 0.1) is 12.2 Å². The van der Waals surface area contributed by atoms with Crippen LogP contribution in [0, 0.1) is 6.92 Å². The minimum atomic E-state index is -3.66. The van der Waals surface area contributed by atoms with E-state index in [0.29, 0.717) is 5.76 Å². The molecule has 0 spiro atoms. The van der Waals surface area contributed by atoms with E-state index < -0.39 is 10.0 Å². The molecule has 0 aliphatic rings. The number of aromatic nitrogens is 2. The second-order valence-electron chi connectivity index (χ2n) is 4.16. The Morgan fingerprint density at radius 2 is 2.21 bits per heavy atom. The van der Waals surface area contributed by atoms with E-state index in [1.165, 1.54) is 6.07 Å². The Morgan fingerprint density at radius 3 is 2.74 bits per heavy atom. The maximum Gasteiger partial charge on any atom is 0.274 e. The van der Waals surface area contributed by atoms with Crippen LogP contribution >= 0.6 is 0 Å². The van der Waals surface area contributed by atoms with Crippen molar-refractivity contribution in [3.8, 4) is 0 Å². The number of rotatable bonds is 5. The Morgan fingerprint density at radius 1 is 1.47 bits per heavy atom. The van der Waals surface area contributed by atoms with Gasteiger partial charge in [-0.15, -0.1) is 0 Å². The van der Waals surface area contributed by atoms with E-state index in [-0.39, 0.29) is 18.2 Å². The van der Waals surface area contributed by atoms with E-state index in [0.717, 1.165) is 11.3 Å². The molecule has 0 saturated heterocycles. The monoisotopic (exact) mass is 284 g/mol. The minimum Gasteiger partial charge on any atom is -0.447 e. The second-order valence-corrected chi connectivity index (χ2v) is 5.86. The molecule has 0 unspecified atom stereocenters. The summed E-state index contributed by atoms with van der Waals surface area (Å²) in [5, 5.41) is 4.01. The highest BCUT2D eigenvalue weighted by Crippen LogP contribution is 2.14. The summed E-state index contributed by atoms with van der Waals surface area (Å²) < 4.78 is 33.2. The lowest BCUT2D eigenvalue weighted by Crippen LogP contribution is -2.23. The average molecular weight is 284 g/mol. The molecular weight excluding hydrogens is 268 g/mol. The summed E-state index contributed by atoms with van der Waals surface area (Å²) in [5.74, 6) is 0.429. The van der Waals surface area contributed by atoms with Gasteiger partial charge in [0.1, 0.15) is 5.76 Å². The molecule has 104 valence electrons. The molecule has 0 atom stereocenters. The number of sulfonamides is 1. The fourth-order valence-electron chi connectivity index (χ4n) is 1.68. The van der Waals surface area contributed by atoms with Gasteiger partial charge >= 0.3 is 0 Å². The molecule has 3 N–H and O–H groups in total. The molecule has 0 aliphatic carbocycles. The molecule has 0 saturated carbocycles. The van der Waals surface area contributed by atoms with Crippen LogP contribution in [0.4, 0.5) is 0 Å². The molecular formula is C11H16N4O3S. The van der Waals surface area contributed by atoms with Crippen molar-refractivity contribution in [3.05, 3.63) is 35.3 Å². The van der Waals surface area contributed by atoms with Gasteiger partial charge in [-0.25, -0.2) is 13.1 Å². The van der Waals surface area contributed by atoms with Crippen LogP contribution in [0.2, 0.25) is 0 Å². The third kappa shape index (κ3) is 3.03. The van der Waals surface area contributed by atoms with Crippen LogP contribution in [-0.4, -0.2) is 18.2 Å². The highest BCUT2D eigenvalue weighted by Gasteiger charge is 2.19. The van der Waals surface area contributed by atoms with Crippen molar-refractivity contribution in [3.63, 3.8) is 0 Å². The number of nitrogens with zero attached hydrogens (tertiary/aromatic N) is 2. The van der Waals surface area contributed by atoms with Crippen molar-refractivity contribution in [2.24, 2.45) is 12.8 Å². The summed E-state index contributed by atoms with van der Waals surface area (Å²) in [6.07, 6.45) is 1.77. The Bertz CT molecular complexity index is 672. The molecule has 2 aromatic heterocycles. The molecule has 0 aromatic carbocycles. The predicted molar refractivity (Wildman–Crippen MR) is 68.6 cm³/mol. The quantitative estimate of drug-likeness (QED) is 0.819. The Kier molecular flexibility index (Phi) is 3.74. The first-order valence-electron chi connectivity index (χ1n) is 5.70. The first-order valence-corrected chi connectivity index (χ1v) is 7.18. The lowest BCUT2D eigenvalue weighted by molar-refractivity contribution is 0.412. The van der Waals surface area contributed by atoms with Gasteiger partial charge in [-0.3, -0.25) is 4.68 Å². The largest absolute Gasteiger partial charge is 0.447 e. The van der Waals surface area contributed by atoms with Crippen LogP contribution in [0.25, 0.3) is 0 Å². The number of furan rings is 1. The summed E-state index contributed by atoms with van der Waals surface area (Å²) in [6, 6.07) is 2.94. The first kappa shape index (κ1) is 13.8. The molecule has 0 aliphatic heterocycles. The molecule has 0 fully saturated rings. The number of nitrogens with one attached hydrogen (secondary N) is 1. The summed E-state index contributed by atoms with van der Waals surface area (Å²) in [7, 11) is -1.88. The summed E-state index contributed by atoms with van der Waals surface area (Å²) in [6.45, 7) is 2.15. The molecule has 0 amide bonds. The Labute approximate surface area is 111 Å². The zero-order chi connectivity index (χ0) is 14.0. The number of hydrogen-bond acceptors (Lipinski definition) is 5. The smallest absolute Gasteiger partial charge is 0.274 e. The van der Waals surface area contributed by atoms with Gasteiger partial charge in [0, 0.05) is 25.4 Å². The van der Waals surface area contributed by atoms with Gasteiger partial charge in [-0.05, 0) is 19.1 Å². The third-order valence-electron chi connectivity index (χ3n) is 2.67. The summed E-state index contributed by atoms with van der Waals surface area (Å²) in [4.78, 5) is 0. The predicted octanol–water partition coefficient (Wildman–Crippen LogP) is 0.259. The Balaban J connectivity index is 2.11. The maximum atomic E-state index is 12.0. The van der Waals surface area contributed by atoms with Gasteiger partial charge in [0.15, 0.2) is 0 Å². The van der Waals surface area contributed by atoms with Crippen LogP contribution in [0.15, 0.2) is 27.8 Å². The number of nitrogens with two attached hydrogens (primary N) is 1. The fraction of sp³-hybridized carbons (Fsp3) is 0.364. The topological polar surface area (TPSA) is 103 Å². The molecule has 19 heavy (non-hydrogen) atoms. The van der Waals surface area contributed by atoms with Crippen molar-refractivity contribution in [1.29, 1.82) is 0 Å². The van der Waals surface area contributed by atoms with Gasteiger partial charge in [0.2, 0.25) is 5.09 Å². The highest BCUT2D eigenvalue weighted by molar-refractivity contribution is 7.89. The van der Waals surface area contributed by atoms with Crippen molar-refractivity contribution >= 4 is 10.0 Å². The van der Waals surface area contributed by atoms with Gasteiger partial charge in [0.25, 0.3) is 10.0 Å². The van der Waals surface area contributed by atoms with Crippen LogP contribution in [0.5, 0.6) is 0 Å². The van der Waals surface area contributed by atoms with E-state index in [2.05, 4.69) is 9.82 Å². The lowest BCUT2D eigenvalue weighted by Gasteiger charge is -2.03. The number of hydrogen-bond donors (Lipinski definition) is 2. The van der Waals surface area contributed by atoms with Crippen molar-refractivity contribution < 1.29 is 12.8 Å². The molecule has 2 heterocycles. The SMILES string of the molecule is Cc1nn(C)cc1CNS(=O)(=O)c1ccc(CN)o1. The van der Waals surface area contributed by atoms with Crippen molar-refractivity contribution in [2.75, 3.05) is 0 Å². The zero-order valence-electron chi connectivity index (χ0n) is 10.8. The van der Waals surface area contributed by atoms with E-state index in [9.17, 15) is 8.42 Å². The molecule has 0 bridgehead atoms. The van der Waals surface area contributed by atoms with Crippen LogP contribution in [0.3, 0.4) is 0 Å². The van der Waals surface area contributed by atoms with E-state index in [1.54, 1.807) is 24.0 Å². The molecule has 2 rings (SSSR count). The average Bonchev–Trinajstić information content (AvgIpc) is 2.94. The normalized spacial score (nSPS) is 11.9. The fourth-order valence-corrected chi connectivity index (χ4v) is 2.63. The van der Waals surface area contributed by atoms with E-state index >= 15 is 0 Å². The van der Waals surface area contributed by atoms with E-state index in [1.807, 2.05) is 6.92 Å².